The summed E-state index contributed by atoms with van der Waals surface area (Å²) in [5.41, 5.74) is 0. The van der Waals surface area contributed by atoms with Gasteiger partial charge in [0.25, 0.3) is 0 Å². The van der Waals surface area contributed by atoms with Crippen LogP contribution < -0.4 is 0 Å². The van der Waals surface area contributed by atoms with Gasteiger partial charge in [0.05, 0.1) is 13.5 Å². The highest BCUT2D eigenvalue weighted by Gasteiger charge is 2.29. The van der Waals surface area contributed by atoms with Crippen LogP contribution in [0.3, 0.4) is 0 Å². The lowest BCUT2D eigenvalue weighted by Gasteiger charge is -2.36. The van der Waals surface area contributed by atoms with Gasteiger partial charge in [-0.1, -0.05) is 33.1 Å². The molecule has 1 fully saturated rings. The predicted molar refractivity (Wildman–Crippen MR) is 79.3 cm³/mol. The monoisotopic (exact) mass is 283 g/mol. The van der Waals surface area contributed by atoms with Crippen molar-refractivity contribution >= 4 is 11.9 Å². The zero-order valence-electron chi connectivity index (χ0n) is 13.2. The molecular formula is C16H29NO3. The fourth-order valence-corrected chi connectivity index (χ4v) is 3.05. The maximum atomic E-state index is 12.7. The average Bonchev–Trinajstić information content (AvgIpc) is 2.49. The first-order valence-corrected chi connectivity index (χ1v) is 8.01. The number of esters is 1. The summed E-state index contributed by atoms with van der Waals surface area (Å²) >= 11 is 0. The van der Waals surface area contributed by atoms with Gasteiger partial charge in [-0.25, -0.2) is 0 Å². The van der Waals surface area contributed by atoms with Gasteiger partial charge >= 0.3 is 5.97 Å². The summed E-state index contributed by atoms with van der Waals surface area (Å²) in [6.45, 7) is 4.63. The van der Waals surface area contributed by atoms with Gasteiger partial charge in [0.1, 0.15) is 0 Å². The van der Waals surface area contributed by atoms with E-state index in [4.69, 9.17) is 4.74 Å². The zero-order valence-corrected chi connectivity index (χ0v) is 13.2. The second kappa shape index (κ2) is 8.98. The van der Waals surface area contributed by atoms with Crippen molar-refractivity contribution in [2.45, 2.75) is 71.3 Å². The van der Waals surface area contributed by atoms with Crippen molar-refractivity contribution in [3.63, 3.8) is 0 Å². The molecule has 1 amide bonds. The number of hydrogen-bond donors (Lipinski definition) is 0. The summed E-state index contributed by atoms with van der Waals surface area (Å²) in [5.74, 6) is 0.0866. The molecule has 0 aliphatic heterocycles. The molecule has 116 valence electrons. The van der Waals surface area contributed by atoms with Crippen LogP contribution in [0.1, 0.15) is 65.2 Å². The molecule has 1 rings (SSSR count). The van der Waals surface area contributed by atoms with Gasteiger partial charge in [-0.3, -0.25) is 9.59 Å². The Labute approximate surface area is 122 Å². The first-order chi connectivity index (χ1) is 9.63. The van der Waals surface area contributed by atoms with Gasteiger partial charge < -0.3 is 9.64 Å². The number of carbonyl (C=O) groups is 2. The molecule has 20 heavy (non-hydrogen) atoms. The average molecular weight is 283 g/mol. The van der Waals surface area contributed by atoms with Gasteiger partial charge in [0.15, 0.2) is 0 Å². The third-order valence-corrected chi connectivity index (χ3v) is 4.42. The van der Waals surface area contributed by atoms with Crippen molar-refractivity contribution < 1.29 is 14.3 Å². The normalized spacial score (nSPS) is 16.2. The first-order valence-electron chi connectivity index (χ1n) is 8.01. The molecule has 0 radical (unpaired) electrons. The molecule has 4 heteroatoms. The Bertz CT molecular complexity index is 307. The molecule has 0 N–H and O–H groups in total. The third kappa shape index (κ3) is 4.80. The van der Waals surface area contributed by atoms with Gasteiger partial charge in [-0.2, -0.15) is 0 Å². The van der Waals surface area contributed by atoms with E-state index < -0.39 is 0 Å². The molecule has 0 aromatic rings. The Morgan fingerprint density at radius 3 is 2.25 bits per heavy atom. The summed E-state index contributed by atoms with van der Waals surface area (Å²) in [6.07, 6.45) is 7.85. The highest BCUT2D eigenvalue weighted by atomic mass is 16.5. The van der Waals surface area contributed by atoms with E-state index in [0.717, 1.165) is 25.7 Å². The van der Waals surface area contributed by atoms with E-state index in [1.165, 1.54) is 26.4 Å². The molecule has 0 bridgehead atoms. The topological polar surface area (TPSA) is 46.6 Å². The van der Waals surface area contributed by atoms with Crippen LogP contribution in [0.5, 0.6) is 0 Å². The number of nitrogens with zero attached hydrogens (tertiary/aromatic N) is 1. The zero-order chi connectivity index (χ0) is 15.0. The van der Waals surface area contributed by atoms with Crippen LogP contribution in [0.4, 0.5) is 0 Å². The van der Waals surface area contributed by atoms with Gasteiger partial charge in [0, 0.05) is 18.5 Å². The first kappa shape index (κ1) is 17.0. The lowest BCUT2D eigenvalue weighted by molar-refractivity contribution is -0.143. The minimum atomic E-state index is -0.233. The molecule has 0 aromatic heterocycles. The molecule has 0 heterocycles. The van der Waals surface area contributed by atoms with E-state index in [1.807, 2.05) is 4.90 Å². The maximum absolute atomic E-state index is 12.7. The van der Waals surface area contributed by atoms with Crippen LogP contribution in [-0.2, 0) is 14.3 Å². The number of rotatable bonds is 7. The molecule has 1 aliphatic carbocycles. The minimum absolute atomic E-state index is 0.0922. The smallest absolute Gasteiger partial charge is 0.307 e. The Balaban J connectivity index is 2.71. The Morgan fingerprint density at radius 1 is 1.15 bits per heavy atom. The second-order valence-corrected chi connectivity index (χ2v) is 5.66. The number of carbonyl (C=O) groups excluding carboxylic acids is 2. The van der Waals surface area contributed by atoms with Gasteiger partial charge in [-0.15, -0.1) is 0 Å². The van der Waals surface area contributed by atoms with E-state index in [1.54, 1.807) is 0 Å². The third-order valence-electron chi connectivity index (χ3n) is 4.42. The van der Waals surface area contributed by atoms with Crippen LogP contribution in [0.15, 0.2) is 0 Å². The van der Waals surface area contributed by atoms with Crippen LogP contribution in [0.2, 0.25) is 0 Å². The van der Waals surface area contributed by atoms with Crippen molar-refractivity contribution in [3.8, 4) is 0 Å². The van der Waals surface area contributed by atoms with E-state index in [0.29, 0.717) is 19.0 Å². The van der Waals surface area contributed by atoms with Crippen molar-refractivity contribution in [2.24, 2.45) is 5.92 Å². The lowest BCUT2D eigenvalue weighted by Crippen LogP contribution is -2.45. The van der Waals surface area contributed by atoms with Crippen molar-refractivity contribution in [2.75, 3.05) is 13.7 Å². The molecule has 4 nitrogen and oxygen atoms in total. The molecule has 0 atom stereocenters. The SMILES string of the molecule is CCC(CC)C(=O)N(CCC(=O)OC)C1CCCCC1. The van der Waals surface area contributed by atoms with Crippen LogP contribution in [0, 0.1) is 5.92 Å². The second-order valence-electron chi connectivity index (χ2n) is 5.66. The highest BCUT2D eigenvalue weighted by Crippen LogP contribution is 2.25. The highest BCUT2D eigenvalue weighted by molar-refractivity contribution is 5.80. The molecule has 0 saturated heterocycles. The van der Waals surface area contributed by atoms with E-state index in [9.17, 15) is 9.59 Å². The molecule has 0 unspecified atom stereocenters. The molecular weight excluding hydrogens is 254 g/mol. The number of hydrogen-bond acceptors (Lipinski definition) is 3. The summed E-state index contributed by atoms with van der Waals surface area (Å²) in [4.78, 5) is 26.0. The Hall–Kier alpha value is -1.06. The van der Waals surface area contributed by atoms with Gasteiger partial charge in [-0.05, 0) is 25.7 Å². The Morgan fingerprint density at radius 2 is 1.75 bits per heavy atom. The minimum Gasteiger partial charge on any atom is -0.469 e. The van der Waals surface area contributed by atoms with E-state index in [2.05, 4.69) is 13.8 Å². The summed E-state index contributed by atoms with van der Waals surface area (Å²) in [6, 6.07) is 0.321. The fourth-order valence-electron chi connectivity index (χ4n) is 3.05. The number of amides is 1. The predicted octanol–water partition coefficient (Wildman–Crippen LogP) is 3.15. The fraction of sp³-hybridized carbons (Fsp3) is 0.875. The largest absolute Gasteiger partial charge is 0.469 e. The summed E-state index contributed by atoms with van der Waals surface area (Å²) in [7, 11) is 1.40. The standard InChI is InChI=1S/C16H29NO3/c1-4-13(5-2)16(19)17(12-11-15(18)20-3)14-9-7-6-8-10-14/h13-14H,4-12H2,1-3H3. The number of ether oxygens (including phenoxy) is 1. The Kier molecular flexibility index (Phi) is 7.63. The summed E-state index contributed by atoms with van der Waals surface area (Å²) in [5, 5.41) is 0. The van der Waals surface area contributed by atoms with Crippen molar-refractivity contribution in [3.05, 3.63) is 0 Å². The van der Waals surface area contributed by atoms with E-state index in [-0.39, 0.29) is 17.8 Å². The van der Waals surface area contributed by atoms with Crippen LogP contribution >= 0.6 is 0 Å². The molecule has 0 aromatic carbocycles. The maximum Gasteiger partial charge on any atom is 0.307 e. The molecule has 1 aliphatic rings. The molecule has 0 spiro atoms. The van der Waals surface area contributed by atoms with Crippen molar-refractivity contribution in [1.82, 2.24) is 4.90 Å². The van der Waals surface area contributed by atoms with Crippen LogP contribution in [-0.4, -0.2) is 36.5 Å². The number of methoxy groups -OCH3 is 1. The summed E-state index contributed by atoms with van der Waals surface area (Å²) < 4.78 is 4.70. The molecule has 1 saturated carbocycles. The van der Waals surface area contributed by atoms with E-state index >= 15 is 0 Å². The van der Waals surface area contributed by atoms with Gasteiger partial charge in [0.2, 0.25) is 5.91 Å². The quantitative estimate of drug-likeness (QED) is 0.674. The van der Waals surface area contributed by atoms with Crippen LogP contribution in [0.25, 0.3) is 0 Å². The van der Waals surface area contributed by atoms with Crippen molar-refractivity contribution in [1.29, 1.82) is 0 Å². The lowest BCUT2D eigenvalue weighted by atomic mass is 9.92.